The second-order valence-corrected chi connectivity index (χ2v) is 6.36. The van der Waals surface area contributed by atoms with Gasteiger partial charge in [0, 0.05) is 12.1 Å². The maximum Gasteiger partial charge on any atom is 0.264 e. The Hall–Kier alpha value is -1.98. The summed E-state index contributed by atoms with van der Waals surface area (Å²) in [5.41, 5.74) is -0.526. The summed E-state index contributed by atoms with van der Waals surface area (Å²) in [6.45, 7) is 2.51. The Morgan fingerprint density at radius 1 is 1.27 bits per heavy atom. The number of rotatable bonds is 5. The lowest BCUT2D eigenvalue weighted by molar-refractivity contribution is -0.135. The normalized spacial score (nSPS) is 20.3. The van der Waals surface area contributed by atoms with Crippen LogP contribution in [0.25, 0.3) is 0 Å². The van der Waals surface area contributed by atoms with Crippen molar-refractivity contribution in [3.05, 3.63) is 52.2 Å². The van der Waals surface area contributed by atoms with Crippen LogP contribution in [0.2, 0.25) is 0 Å². The highest BCUT2D eigenvalue weighted by Crippen LogP contribution is 2.42. The van der Waals surface area contributed by atoms with Gasteiger partial charge in [-0.15, -0.1) is 11.3 Å². The lowest BCUT2D eigenvalue weighted by atomic mass is 9.89. The van der Waals surface area contributed by atoms with E-state index in [0.717, 1.165) is 6.42 Å². The zero-order chi connectivity index (χ0) is 15.7. The van der Waals surface area contributed by atoms with E-state index in [1.54, 1.807) is 29.2 Å². The molecule has 22 heavy (non-hydrogen) atoms. The third-order valence-electron chi connectivity index (χ3n) is 3.90. The first-order chi connectivity index (χ1) is 10.6. The molecule has 1 aromatic carbocycles. The predicted octanol–water partition coefficient (Wildman–Crippen LogP) is 2.97. The fourth-order valence-corrected chi connectivity index (χ4v) is 3.54. The monoisotopic (exact) mass is 315 g/mol. The van der Waals surface area contributed by atoms with Gasteiger partial charge in [0.1, 0.15) is 0 Å². The van der Waals surface area contributed by atoms with Crippen LogP contribution in [0.3, 0.4) is 0 Å². The molecule has 1 atom stereocenters. The van der Waals surface area contributed by atoms with Crippen molar-refractivity contribution < 1.29 is 14.7 Å². The average molecular weight is 315 g/mol. The van der Waals surface area contributed by atoms with Gasteiger partial charge in [0.05, 0.1) is 17.0 Å². The highest BCUT2D eigenvalue weighted by Gasteiger charge is 2.50. The van der Waals surface area contributed by atoms with E-state index in [-0.39, 0.29) is 12.2 Å². The first-order valence-electron chi connectivity index (χ1n) is 7.28. The van der Waals surface area contributed by atoms with Gasteiger partial charge in [-0.3, -0.25) is 9.59 Å². The van der Waals surface area contributed by atoms with Crippen LogP contribution >= 0.6 is 11.3 Å². The largest absolute Gasteiger partial charge is 0.375 e. The minimum Gasteiger partial charge on any atom is -0.375 e. The molecule has 1 aromatic heterocycles. The first kappa shape index (κ1) is 14.9. The molecule has 1 unspecified atom stereocenters. The quantitative estimate of drug-likeness (QED) is 0.863. The van der Waals surface area contributed by atoms with Crippen molar-refractivity contribution in [1.82, 2.24) is 0 Å². The number of nitrogens with zero attached hydrogens (tertiary/aromatic N) is 1. The number of carbonyl (C=O) groups excluding carboxylic acids is 2. The smallest absolute Gasteiger partial charge is 0.264 e. The maximum absolute atomic E-state index is 12.7. The van der Waals surface area contributed by atoms with Crippen molar-refractivity contribution in [2.24, 2.45) is 0 Å². The van der Waals surface area contributed by atoms with E-state index in [0.29, 0.717) is 22.7 Å². The number of para-hydroxylation sites is 1. The van der Waals surface area contributed by atoms with E-state index < -0.39 is 11.5 Å². The summed E-state index contributed by atoms with van der Waals surface area (Å²) in [6.07, 6.45) is 0.568. The van der Waals surface area contributed by atoms with Gasteiger partial charge >= 0.3 is 0 Å². The Morgan fingerprint density at radius 2 is 2.05 bits per heavy atom. The summed E-state index contributed by atoms with van der Waals surface area (Å²) in [5, 5.41) is 12.8. The Morgan fingerprint density at radius 3 is 2.73 bits per heavy atom. The number of carbonyl (C=O) groups is 2. The summed E-state index contributed by atoms with van der Waals surface area (Å²) in [7, 11) is 0. The highest BCUT2D eigenvalue weighted by molar-refractivity contribution is 7.12. The van der Waals surface area contributed by atoms with Crippen molar-refractivity contribution in [1.29, 1.82) is 0 Å². The van der Waals surface area contributed by atoms with Crippen LogP contribution in [-0.4, -0.2) is 23.3 Å². The van der Waals surface area contributed by atoms with Crippen LogP contribution in [0.1, 0.15) is 35.0 Å². The van der Waals surface area contributed by atoms with Crippen LogP contribution in [0.4, 0.5) is 5.69 Å². The fourth-order valence-electron chi connectivity index (χ4n) is 2.88. The van der Waals surface area contributed by atoms with Gasteiger partial charge in [-0.25, -0.2) is 0 Å². The molecule has 0 aliphatic carbocycles. The lowest BCUT2D eigenvalue weighted by Crippen LogP contribution is -2.42. The van der Waals surface area contributed by atoms with Crippen LogP contribution in [-0.2, 0) is 10.4 Å². The van der Waals surface area contributed by atoms with Gasteiger partial charge in [-0.2, -0.15) is 0 Å². The summed E-state index contributed by atoms with van der Waals surface area (Å²) >= 11 is 1.32. The van der Waals surface area contributed by atoms with Gasteiger partial charge in [0.15, 0.2) is 11.4 Å². The standard InChI is InChI=1S/C17H17NO3S/c1-2-9-18-13-7-4-3-6-12(13)17(21,16(18)20)11-14(19)15-8-5-10-22-15/h3-8,10,21H,2,9,11H2,1H3. The molecule has 4 nitrogen and oxygen atoms in total. The molecule has 0 saturated carbocycles. The van der Waals surface area contributed by atoms with Crippen LogP contribution in [0.15, 0.2) is 41.8 Å². The van der Waals surface area contributed by atoms with Crippen LogP contribution in [0, 0.1) is 0 Å². The second kappa shape index (κ2) is 5.66. The molecule has 1 aliphatic rings. The lowest BCUT2D eigenvalue weighted by Gasteiger charge is -2.22. The minimum absolute atomic E-state index is 0.209. The van der Waals surface area contributed by atoms with E-state index in [4.69, 9.17) is 0 Å². The van der Waals surface area contributed by atoms with Crippen molar-refractivity contribution in [2.45, 2.75) is 25.4 Å². The summed E-state index contributed by atoms with van der Waals surface area (Å²) < 4.78 is 0. The number of ketones is 1. The number of aliphatic hydroxyl groups is 1. The number of fused-ring (bicyclic) bond motifs is 1. The van der Waals surface area contributed by atoms with E-state index in [2.05, 4.69) is 0 Å². The molecule has 0 bridgehead atoms. The molecule has 3 rings (SSSR count). The third-order valence-corrected chi connectivity index (χ3v) is 4.81. The molecule has 2 aromatic rings. The molecule has 0 saturated heterocycles. The molecular formula is C17H17NO3S. The summed E-state index contributed by atoms with van der Waals surface area (Å²) in [6, 6.07) is 10.7. The molecule has 1 amide bonds. The Bertz CT molecular complexity index is 710. The summed E-state index contributed by atoms with van der Waals surface area (Å²) in [4.78, 5) is 27.2. The number of hydrogen-bond acceptors (Lipinski definition) is 4. The molecular weight excluding hydrogens is 298 g/mol. The maximum atomic E-state index is 12.7. The molecule has 2 heterocycles. The molecule has 5 heteroatoms. The van der Waals surface area contributed by atoms with Crippen molar-refractivity contribution in [2.75, 3.05) is 11.4 Å². The Labute approximate surface area is 133 Å². The van der Waals surface area contributed by atoms with Gasteiger partial charge in [0.25, 0.3) is 5.91 Å². The van der Waals surface area contributed by atoms with E-state index >= 15 is 0 Å². The number of Topliss-reactive ketones (excluding diaryl/α,β-unsaturated/α-hetero) is 1. The number of anilines is 1. The third kappa shape index (κ3) is 2.26. The summed E-state index contributed by atoms with van der Waals surface area (Å²) in [5.74, 6) is -0.612. The topological polar surface area (TPSA) is 57.6 Å². The number of hydrogen-bond donors (Lipinski definition) is 1. The predicted molar refractivity (Wildman–Crippen MR) is 86.2 cm³/mol. The van der Waals surface area contributed by atoms with Crippen molar-refractivity contribution in [3.63, 3.8) is 0 Å². The molecule has 1 N–H and O–H groups in total. The van der Waals surface area contributed by atoms with Crippen molar-refractivity contribution >= 4 is 28.7 Å². The fraction of sp³-hybridized carbons (Fsp3) is 0.294. The van der Waals surface area contributed by atoms with E-state index in [1.807, 2.05) is 24.4 Å². The number of thiophene rings is 1. The van der Waals surface area contributed by atoms with Gasteiger partial charge in [0.2, 0.25) is 0 Å². The van der Waals surface area contributed by atoms with E-state index in [9.17, 15) is 14.7 Å². The SMILES string of the molecule is CCCN1C(=O)C(O)(CC(=O)c2cccs2)c2ccccc21. The number of amides is 1. The minimum atomic E-state index is -1.76. The molecule has 0 radical (unpaired) electrons. The van der Waals surface area contributed by atoms with E-state index in [1.165, 1.54) is 11.3 Å². The van der Waals surface area contributed by atoms with Crippen LogP contribution < -0.4 is 4.90 Å². The van der Waals surface area contributed by atoms with Gasteiger partial charge in [-0.05, 0) is 23.9 Å². The molecule has 114 valence electrons. The zero-order valence-corrected chi connectivity index (χ0v) is 13.1. The van der Waals surface area contributed by atoms with Gasteiger partial charge in [-0.1, -0.05) is 31.2 Å². The molecule has 1 aliphatic heterocycles. The van der Waals surface area contributed by atoms with Gasteiger partial charge < -0.3 is 10.0 Å². The highest BCUT2D eigenvalue weighted by atomic mass is 32.1. The molecule has 0 fully saturated rings. The van der Waals surface area contributed by atoms with Crippen LogP contribution in [0.5, 0.6) is 0 Å². The Kier molecular flexibility index (Phi) is 3.85. The second-order valence-electron chi connectivity index (χ2n) is 5.41. The Balaban J connectivity index is 1.98. The molecule has 0 spiro atoms. The first-order valence-corrected chi connectivity index (χ1v) is 8.16. The average Bonchev–Trinajstić information content (AvgIpc) is 3.11. The van der Waals surface area contributed by atoms with Crippen molar-refractivity contribution in [3.8, 4) is 0 Å². The zero-order valence-electron chi connectivity index (χ0n) is 12.3. The number of benzene rings is 1.